The molecule has 1 saturated heterocycles. The molecule has 1 aliphatic heterocycles. The van der Waals surface area contributed by atoms with Crippen molar-refractivity contribution in [1.29, 1.82) is 0 Å². The van der Waals surface area contributed by atoms with Crippen molar-refractivity contribution in [2.45, 2.75) is 20.0 Å². The minimum absolute atomic E-state index is 0.169. The number of nitrogens with one attached hydrogen (secondary N) is 1. The quantitative estimate of drug-likeness (QED) is 0.916. The van der Waals surface area contributed by atoms with E-state index in [0.29, 0.717) is 5.95 Å². The molecule has 1 aromatic carbocycles. The zero-order valence-electron chi connectivity index (χ0n) is 13.5. The van der Waals surface area contributed by atoms with Crippen LogP contribution >= 0.6 is 0 Å². The number of benzene rings is 1. The van der Waals surface area contributed by atoms with Gasteiger partial charge in [0.25, 0.3) is 0 Å². The lowest BCUT2D eigenvalue weighted by atomic mass is 10.3. The summed E-state index contributed by atoms with van der Waals surface area (Å²) in [5.74, 6) is 2.37. The van der Waals surface area contributed by atoms with E-state index in [-0.39, 0.29) is 6.10 Å². The fourth-order valence-electron chi connectivity index (χ4n) is 2.40. The third-order valence-electron chi connectivity index (χ3n) is 3.46. The van der Waals surface area contributed by atoms with Crippen LogP contribution in [0.25, 0.3) is 0 Å². The van der Waals surface area contributed by atoms with Gasteiger partial charge in [0.2, 0.25) is 5.95 Å². The van der Waals surface area contributed by atoms with Crippen molar-refractivity contribution in [3.63, 3.8) is 0 Å². The smallest absolute Gasteiger partial charge is 0.229 e. The van der Waals surface area contributed by atoms with E-state index in [1.165, 1.54) is 0 Å². The summed E-state index contributed by atoms with van der Waals surface area (Å²) < 4.78 is 11.0. The Bertz CT molecular complexity index is 625. The molecular weight excluding hydrogens is 292 g/mol. The first-order valence-corrected chi connectivity index (χ1v) is 7.90. The SMILES string of the molecule is CC(C)Oc1ccc(Nc2nccc(N3CCOCC3)n2)cc1. The lowest BCUT2D eigenvalue weighted by molar-refractivity contribution is 0.122. The molecule has 0 unspecified atom stereocenters. The van der Waals surface area contributed by atoms with Crippen molar-refractivity contribution >= 4 is 17.5 Å². The number of morpholine rings is 1. The molecule has 0 saturated carbocycles. The van der Waals surface area contributed by atoms with Gasteiger partial charge in [-0.2, -0.15) is 4.98 Å². The number of rotatable bonds is 5. The molecule has 0 amide bonds. The largest absolute Gasteiger partial charge is 0.491 e. The van der Waals surface area contributed by atoms with E-state index in [1.807, 2.05) is 44.2 Å². The van der Waals surface area contributed by atoms with E-state index in [0.717, 1.165) is 43.6 Å². The maximum atomic E-state index is 5.64. The number of nitrogens with zero attached hydrogens (tertiary/aromatic N) is 3. The minimum Gasteiger partial charge on any atom is -0.491 e. The second-order valence-corrected chi connectivity index (χ2v) is 5.65. The molecule has 0 spiro atoms. The predicted octanol–water partition coefficient (Wildman–Crippen LogP) is 2.84. The first kappa shape index (κ1) is 15.6. The molecule has 23 heavy (non-hydrogen) atoms. The third kappa shape index (κ3) is 4.32. The van der Waals surface area contributed by atoms with Gasteiger partial charge < -0.3 is 19.7 Å². The highest BCUT2D eigenvalue weighted by molar-refractivity contribution is 5.56. The van der Waals surface area contributed by atoms with E-state index in [1.54, 1.807) is 6.20 Å². The van der Waals surface area contributed by atoms with Crippen LogP contribution in [0.1, 0.15) is 13.8 Å². The fraction of sp³-hybridized carbons (Fsp3) is 0.412. The molecule has 1 fully saturated rings. The highest BCUT2D eigenvalue weighted by atomic mass is 16.5. The zero-order chi connectivity index (χ0) is 16.1. The molecule has 1 N–H and O–H groups in total. The van der Waals surface area contributed by atoms with E-state index >= 15 is 0 Å². The van der Waals surface area contributed by atoms with Crippen molar-refractivity contribution in [1.82, 2.24) is 9.97 Å². The van der Waals surface area contributed by atoms with Crippen LogP contribution in [-0.4, -0.2) is 42.4 Å². The van der Waals surface area contributed by atoms with Crippen LogP contribution in [0.2, 0.25) is 0 Å². The first-order chi connectivity index (χ1) is 11.2. The predicted molar refractivity (Wildman–Crippen MR) is 90.6 cm³/mol. The fourth-order valence-corrected chi connectivity index (χ4v) is 2.40. The van der Waals surface area contributed by atoms with Gasteiger partial charge in [-0.3, -0.25) is 0 Å². The summed E-state index contributed by atoms with van der Waals surface area (Å²) in [6.07, 6.45) is 1.94. The first-order valence-electron chi connectivity index (χ1n) is 7.90. The molecule has 3 rings (SSSR count). The van der Waals surface area contributed by atoms with Gasteiger partial charge in [0.1, 0.15) is 11.6 Å². The third-order valence-corrected chi connectivity index (χ3v) is 3.46. The van der Waals surface area contributed by atoms with Gasteiger partial charge in [-0.1, -0.05) is 0 Å². The maximum absolute atomic E-state index is 5.64. The van der Waals surface area contributed by atoms with Gasteiger partial charge in [0, 0.05) is 25.0 Å². The Morgan fingerprint density at radius 1 is 1.13 bits per heavy atom. The van der Waals surface area contributed by atoms with Crippen molar-refractivity contribution in [3.05, 3.63) is 36.5 Å². The lowest BCUT2D eigenvalue weighted by Gasteiger charge is -2.27. The maximum Gasteiger partial charge on any atom is 0.229 e. The molecule has 2 aromatic rings. The molecule has 0 aliphatic carbocycles. The van der Waals surface area contributed by atoms with Gasteiger partial charge >= 0.3 is 0 Å². The molecule has 0 radical (unpaired) electrons. The summed E-state index contributed by atoms with van der Waals surface area (Å²) in [6.45, 7) is 7.22. The summed E-state index contributed by atoms with van der Waals surface area (Å²) in [6, 6.07) is 9.73. The van der Waals surface area contributed by atoms with Crippen LogP contribution in [0.4, 0.5) is 17.5 Å². The van der Waals surface area contributed by atoms with Gasteiger partial charge in [0.15, 0.2) is 0 Å². The second-order valence-electron chi connectivity index (χ2n) is 5.65. The summed E-state index contributed by atoms with van der Waals surface area (Å²) >= 11 is 0. The topological polar surface area (TPSA) is 59.5 Å². The normalized spacial score (nSPS) is 14.8. The van der Waals surface area contributed by atoms with Crippen LogP contribution < -0.4 is 15.0 Å². The Balaban J connectivity index is 1.67. The van der Waals surface area contributed by atoms with Crippen molar-refractivity contribution in [2.75, 3.05) is 36.5 Å². The van der Waals surface area contributed by atoms with Gasteiger partial charge in [-0.25, -0.2) is 4.98 Å². The van der Waals surface area contributed by atoms with Gasteiger partial charge in [0.05, 0.1) is 19.3 Å². The van der Waals surface area contributed by atoms with Crippen molar-refractivity contribution in [2.24, 2.45) is 0 Å². The van der Waals surface area contributed by atoms with Gasteiger partial charge in [-0.15, -0.1) is 0 Å². The Morgan fingerprint density at radius 2 is 1.87 bits per heavy atom. The molecule has 1 aliphatic rings. The number of hydrogen-bond donors (Lipinski definition) is 1. The lowest BCUT2D eigenvalue weighted by Crippen LogP contribution is -2.36. The van der Waals surface area contributed by atoms with Crippen LogP contribution in [0.3, 0.4) is 0 Å². The Labute approximate surface area is 136 Å². The number of anilines is 3. The molecule has 1 aromatic heterocycles. The van der Waals surface area contributed by atoms with Crippen LogP contribution in [0, 0.1) is 0 Å². The molecule has 2 heterocycles. The van der Waals surface area contributed by atoms with Crippen LogP contribution in [0.15, 0.2) is 36.5 Å². The Morgan fingerprint density at radius 3 is 2.57 bits per heavy atom. The number of ether oxygens (including phenoxy) is 2. The van der Waals surface area contributed by atoms with E-state index in [9.17, 15) is 0 Å². The number of aromatic nitrogens is 2. The summed E-state index contributed by atoms with van der Waals surface area (Å²) in [7, 11) is 0. The van der Waals surface area contributed by atoms with Gasteiger partial charge in [-0.05, 0) is 44.2 Å². The summed E-state index contributed by atoms with van der Waals surface area (Å²) in [5, 5.41) is 3.23. The van der Waals surface area contributed by atoms with Crippen molar-refractivity contribution in [3.8, 4) is 5.75 Å². The van der Waals surface area contributed by atoms with E-state index in [2.05, 4.69) is 20.2 Å². The number of hydrogen-bond acceptors (Lipinski definition) is 6. The zero-order valence-corrected chi connectivity index (χ0v) is 13.5. The highest BCUT2D eigenvalue weighted by Gasteiger charge is 2.13. The molecule has 6 heteroatoms. The monoisotopic (exact) mass is 314 g/mol. The molecule has 0 bridgehead atoms. The average Bonchev–Trinajstić information content (AvgIpc) is 2.57. The summed E-state index contributed by atoms with van der Waals surface area (Å²) in [5.41, 5.74) is 0.931. The van der Waals surface area contributed by atoms with E-state index in [4.69, 9.17) is 9.47 Å². The minimum atomic E-state index is 0.169. The average molecular weight is 314 g/mol. The standard InChI is InChI=1S/C17H22N4O2/c1-13(2)23-15-5-3-14(4-6-15)19-17-18-8-7-16(20-17)21-9-11-22-12-10-21/h3-8,13H,9-12H2,1-2H3,(H,18,19,20). The van der Waals surface area contributed by atoms with Crippen LogP contribution in [-0.2, 0) is 4.74 Å². The summed E-state index contributed by atoms with van der Waals surface area (Å²) in [4.78, 5) is 11.1. The van der Waals surface area contributed by atoms with Crippen LogP contribution in [0.5, 0.6) is 5.75 Å². The van der Waals surface area contributed by atoms with Crippen molar-refractivity contribution < 1.29 is 9.47 Å². The highest BCUT2D eigenvalue weighted by Crippen LogP contribution is 2.20. The molecule has 122 valence electrons. The molecular formula is C17H22N4O2. The molecule has 6 nitrogen and oxygen atoms in total. The Hall–Kier alpha value is -2.34. The second kappa shape index (κ2) is 7.28. The Kier molecular flexibility index (Phi) is 4.92. The van der Waals surface area contributed by atoms with E-state index < -0.39 is 0 Å². The molecule has 0 atom stereocenters.